The van der Waals surface area contributed by atoms with Gasteiger partial charge in [-0.3, -0.25) is 38.4 Å². The minimum absolute atomic E-state index is 0.0700. The van der Waals surface area contributed by atoms with Crippen molar-refractivity contribution in [2.45, 2.75) is 75.8 Å². The molecule has 0 unspecified atom stereocenters. The number of nitrogens with two attached hydrogens (primary N) is 2. The lowest BCUT2D eigenvalue weighted by molar-refractivity contribution is -0.143. The summed E-state index contributed by atoms with van der Waals surface area (Å²) < 4.78 is 0. The van der Waals surface area contributed by atoms with Crippen molar-refractivity contribution in [2.24, 2.45) is 11.5 Å². The Morgan fingerprint density at radius 2 is 0.771 bits per heavy atom. The summed E-state index contributed by atoms with van der Waals surface area (Å²) in [5, 5.41) is 34.5. The molecule has 70 heavy (non-hydrogen) atoms. The van der Waals surface area contributed by atoms with E-state index < -0.39 is 96.6 Å². The van der Waals surface area contributed by atoms with E-state index in [0.29, 0.717) is 11.1 Å². The second-order valence-corrected chi connectivity index (χ2v) is 17.1. The fourth-order valence-electron chi connectivity index (χ4n) is 7.55. The largest absolute Gasteiger partial charge is 0.508 e. The molecule has 0 radical (unpaired) electrons. The third-order valence-electron chi connectivity index (χ3n) is 11.5. The van der Waals surface area contributed by atoms with Gasteiger partial charge in [0.15, 0.2) is 0 Å². The number of benzene rings is 4. The van der Waals surface area contributed by atoms with Gasteiger partial charge in [0, 0.05) is 39.0 Å². The minimum Gasteiger partial charge on any atom is -0.508 e. The van der Waals surface area contributed by atoms with Crippen LogP contribution in [0.2, 0.25) is 0 Å². The Balaban J connectivity index is 1.12. The molecule has 1 fully saturated rings. The summed E-state index contributed by atoms with van der Waals surface area (Å²) >= 11 is 0. The van der Waals surface area contributed by atoms with Gasteiger partial charge in [0.1, 0.15) is 35.7 Å². The molecule has 20 nitrogen and oxygen atoms in total. The summed E-state index contributed by atoms with van der Waals surface area (Å²) in [6.45, 7) is 2.33. The van der Waals surface area contributed by atoms with Crippen molar-refractivity contribution >= 4 is 47.3 Å². The quantitative estimate of drug-likeness (QED) is 0.0450. The zero-order chi connectivity index (χ0) is 50.7. The van der Waals surface area contributed by atoms with Crippen LogP contribution in [0.25, 0.3) is 0 Å². The van der Waals surface area contributed by atoms with Gasteiger partial charge in [0.25, 0.3) is 0 Å². The van der Waals surface area contributed by atoms with Crippen LogP contribution in [0.3, 0.4) is 0 Å². The smallest absolute Gasteiger partial charge is 0.245 e. The average molecular weight is 963 g/mol. The molecule has 5 rings (SSSR count). The molecule has 12 N–H and O–H groups in total. The van der Waals surface area contributed by atoms with E-state index in [1.165, 1.54) is 47.9 Å². The number of hydrogen-bond acceptors (Lipinski definition) is 12. The van der Waals surface area contributed by atoms with Crippen molar-refractivity contribution in [1.29, 1.82) is 0 Å². The van der Waals surface area contributed by atoms with Gasteiger partial charge in [-0.25, -0.2) is 0 Å². The van der Waals surface area contributed by atoms with Crippen LogP contribution >= 0.6 is 0 Å². The van der Waals surface area contributed by atoms with E-state index in [1.54, 1.807) is 48.5 Å². The number of nitrogens with one attached hydrogen (secondary N) is 6. The molecular formula is C50H62N10O10. The topological polar surface area (TPSA) is 308 Å². The lowest BCUT2D eigenvalue weighted by atomic mass is 10.0. The van der Waals surface area contributed by atoms with Crippen molar-refractivity contribution in [3.8, 4) is 11.5 Å². The number of carbonyl (C=O) groups excluding carboxylic acids is 8. The van der Waals surface area contributed by atoms with Gasteiger partial charge in [0.2, 0.25) is 47.3 Å². The van der Waals surface area contributed by atoms with Crippen molar-refractivity contribution in [3.63, 3.8) is 0 Å². The molecule has 0 bridgehead atoms. The lowest BCUT2D eigenvalue weighted by Gasteiger charge is -2.38. The second kappa shape index (κ2) is 26.1. The molecule has 372 valence electrons. The summed E-state index contributed by atoms with van der Waals surface area (Å²) in [6, 6.07) is 24.4. The normalized spacial score (nSPS) is 14.9. The van der Waals surface area contributed by atoms with E-state index in [4.69, 9.17) is 11.5 Å². The molecule has 0 aliphatic carbocycles. The Morgan fingerprint density at radius 3 is 1.10 bits per heavy atom. The lowest BCUT2D eigenvalue weighted by Crippen LogP contribution is -2.60. The summed E-state index contributed by atoms with van der Waals surface area (Å²) in [5.41, 5.74) is 15.0. The van der Waals surface area contributed by atoms with Crippen LogP contribution < -0.4 is 43.4 Å². The second-order valence-electron chi connectivity index (χ2n) is 17.1. The monoisotopic (exact) mass is 962 g/mol. The number of carbonyl (C=O) groups is 8. The molecule has 20 heteroatoms. The Labute approximate surface area is 405 Å². The summed E-state index contributed by atoms with van der Waals surface area (Å²) in [7, 11) is 0. The third kappa shape index (κ3) is 16.7. The van der Waals surface area contributed by atoms with Gasteiger partial charge in [-0.15, -0.1) is 0 Å². The number of phenolic OH excluding ortho intramolecular Hbond substituents is 2. The Morgan fingerprint density at radius 1 is 0.457 bits per heavy atom. The van der Waals surface area contributed by atoms with E-state index in [1.807, 2.05) is 36.4 Å². The van der Waals surface area contributed by atoms with Gasteiger partial charge >= 0.3 is 0 Å². The Kier molecular flexibility index (Phi) is 19.8. The van der Waals surface area contributed by atoms with Crippen LogP contribution in [0, 0.1) is 0 Å². The molecule has 4 aromatic rings. The average Bonchev–Trinajstić information content (AvgIpc) is 3.35. The molecule has 0 aromatic heterocycles. The van der Waals surface area contributed by atoms with Crippen LogP contribution in [-0.4, -0.2) is 143 Å². The Bertz CT molecular complexity index is 2250. The number of amides is 8. The van der Waals surface area contributed by atoms with E-state index in [2.05, 4.69) is 31.9 Å². The van der Waals surface area contributed by atoms with E-state index >= 15 is 0 Å². The molecule has 4 aromatic carbocycles. The van der Waals surface area contributed by atoms with Crippen LogP contribution in [0.4, 0.5) is 0 Å². The maximum Gasteiger partial charge on any atom is 0.245 e. The predicted molar refractivity (Wildman–Crippen MR) is 258 cm³/mol. The van der Waals surface area contributed by atoms with Gasteiger partial charge in [0.05, 0.1) is 25.2 Å². The molecule has 0 saturated carbocycles. The maximum absolute atomic E-state index is 14.1. The molecule has 1 heterocycles. The van der Waals surface area contributed by atoms with Gasteiger partial charge in [-0.1, -0.05) is 84.9 Å². The highest BCUT2D eigenvalue weighted by atomic mass is 16.3. The summed E-state index contributed by atoms with van der Waals surface area (Å²) in [4.78, 5) is 109. The molecule has 1 saturated heterocycles. The number of aromatic hydroxyl groups is 2. The zero-order valence-corrected chi connectivity index (χ0v) is 39.1. The van der Waals surface area contributed by atoms with Crippen LogP contribution in [0.15, 0.2) is 109 Å². The summed E-state index contributed by atoms with van der Waals surface area (Å²) in [6.07, 6.45) is 0.583. The highest BCUT2D eigenvalue weighted by Crippen LogP contribution is 2.15. The molecule has 1 aliphatic rings. The van der Waals surface area contributed by atoms with E-state index in [0.717, 1.165) is 11.1 Å². The zero-order valence-electron chi connectivity index (χ0n) is 39.1. The molecule has 6 atom stereocenters. The molecule has 1 aliphatic heterocycles. The number of rotatable bonds is 22. The first-order valence-corrected chi connectivity index (χ1v) is 22.9. The van der Waals surface area contributed by atoms with Crippen molar-refractivity contribution in [3.05, 3.63) is 131 Å². The molecular weight excluding hydrogens is 901 g/mol. The van der Waals surface area contributed by atoms with Gasteiger partial charge < -0.3 is 63.4 Å². The van der Waals surface area contributed by atoms with E-state index in [9.17, 15) is 48.6 Å². The first-order chi connectivity index (χ1) is 33.4. The van der Waals surface area contributed by atoms with E-state index in [-0.39, 0.29) is 63.4 Å². The number of piperazine rings is 1. The number of hydrogen-bond donors (Lipinski definition) is 10. The number of nitrogens with zero attached hydrogens (tertiary/aromatic N) is 2. The van der Waals surface area contributed by atoms with Crippen molar-refractivity contribution < 1.29 is 48.6 Å². The fraction of sp³-hybridized carbons (Fsp3) is 0.360. The Hall–Kier alpha value is -7.84. The molecule has 8 amide bonds. The van der Waals surface area contributed by atoms with Gasteiger partial charge in [-0.05, 0) is 73.2 Å². The summed E-state index contributed by atoms with van der Waals surface area (Å²) in [5.74, 6) is -4.47. The molecule has 0 spiro atoms. The fourth-order valence-corrected chi connectivity index (χ4v) is 7.55. The first kappa shape index (κ1) is 53.1. The maximum atomic E-state index is 14.1. The van der Waals surface area contributed by atoms with Crippen LogP contribution in [0.1, 0.15) is 36.1 Å². The highest BCUT2D eigenvalue weighted by molar-refractivity contribution is 5.95. The SMILES string of the molecule is C[C@@H](NC(=O)[C@@H](N)Cc1ccc(O)cc1)C(=O)NCC(=O)N[C@@H](Cc1ccccc1)C(=O)N1CCN(C(=O)[C@H](Cc2ccccc2)NC(=O)CNC(=O)[C@@H](C)NC(=O)[C@@H](N)Cc2ccc(O)cc2)CC1. The highest BCUT2D eigenvalue weighted by Gasteiger charge is 2.34. The predicted octanol–water partition coefficient (Wildman–Crippen LogP) is -1.09. The van der Waals surface area contributed by atoms with Crippen LogP contribution in [0.5, 0.6) is 11.5 Å². The third-order valence-corrected chi connectivity index (χ3v) is 11.5. The standard InChI is InChI=1S/C50H62N10O10/c1-31(55-47(67)39(51)25-35-13-17-37(61)18-14-35)45(65)53-29-43(63)57-41(27-33-9-5-3-6-10-33)49(69)59-21-23-60(24-22-59)50(70)42(28-34-11-7-4-8-12-34)58-44(64)30-54-46(66)32(2)56-48(68)40(52)26-36-15-19-38(62)20-16-36/h3-20,31-32,39-42,61-62H,21-30,51-52H2,1-2H3,(H,53,65)(H,54,66)(H,55,67)(H,56,68)(H,57,63)(H,58,64)/t31-,32-,39+,40+,41+,42+/m1/s1. The minimum atomic E-state index is -1.04. The van der Waals surface area contributed by atoms with Crippen molar-refractivity contribution in [1.82, 2.24) is 41.7 Å². The van der Waals surface area contributed by atoms with Crippen LogP contribution in [-0.2, 0) is 64.0 Å². The first-order valence-electron chi connectivity index (χ1n) is 22.9. The van der Waals surface area contributed by atoms with Gasteiger partial charge in [-0.2, -0.15) is 0 Å². The van der Waals surface area contributed by atoms with Crippen molar-refractivity contribution in [2.75, 3.05) is 39.3 Å². The number of phenols is 2.